The Kier molecular flexibility index (Phi) is 6.60. The lowest BCUT2D eigenvalue weighted by Gasteiger charge is -2.24. The lowest BCUT2D eigenvalue weighted by Crippen LogP contribution is -2.05. The normalized spacial score (nSPS) is 13.4. The third kappa shape index (κ3) is 5.00. The zero-order valence-corrected chi connectivity index (χ0v) is 13.0. The smallest absolute Gasteiger partial charge is 0.203 e. The molecule has 0 amide bonds. The van der Waals surface area contributed by atoms with Gasteiger partial charge in [0.2, 0.25) is 7.37 Å². The summed E-state index contributed by atoms with van der Waals surface area (Å²) in [6.07, 6.45) is 4.00. The summed E-state index contributed by atoms with van der Waals surface area (Å²) in [5.74, 6) is 0.243. The minimum Gasteiger partial charge on any atom is -0.508 e. The van der Waals surface area contributed by atoms with E-state index in [0.717, 1.165) is 24.8 Å². The third-order valence-corrected chi connectivity index (χ3v) is 5.93. The summed E-state index contributed by atoms with van der Waals surface area (Å²) in [6, 6.07) is 7.01. The molecular weight excluding hydrogens is 259 g/mol. The van der Waals surface area contributed by atoms with Gasteiger partial charge in [0.25, 0.3) is 0 Å². The van der Waals surface area contributed by atoms with Crippen LogP contribution in [0.25, 0.3) is 0 Å². The number of rotatable bonds is 8. The van der Waals surface area contributed by atoms with Gasteiger partial charge in [0.1, 0.15) is 5.75 Å². The van der Waals surface area contributed by atoms with Crippen LogP contribution in [0.15, 0.2) is 24.3 Å². The van der Waals surface area contributed by atoms with Gasteiger partial charge in [0.15, 0.2) is 0 Å². The van der Waals surface area contributed by atoms with E-state index in [9.17, 15) is 9.67 Å². The maximum Gasteiger partial charge on any atom is 0.203 e. The highest BCUT2D eigenvalue weighted by Gasteiger charge is 2.24. The van der Waals surface area contributed by atoms with E-state index >= 15 is 0 Å². The Labute approximate surface area is 116 Å². The average Bonchev–Trinajstić information content (AvgIpc) is 2.44. The van der Waals surface area contributed by atoms with Crippen molar-refractivity contribution in [2.24, 2.45) is 0 Å². The van der Waals surface area contributed by atoms with Gasteiger partial charge in [-0.15, -0.1) is 0 Å². The quantitative estimate of drug-likeness (QED) is 0.686. The van der Waals surface area contributed by atoms with Gasteiger partial charge in [-0.1, -0.05) is 45.7 Å². The van der Waals surface area contributed by atoms with Gasteiger partial charge in [0.05, 0.1) is 6.10 Å². The number of hydrogen-bond acceptors (Lipinski definition) is 3. The topological polar surface area (TPSA) is 46.5 Å². The lowest BCUT2D eigenvalue weighted by atomic mass is 10.0. The molecule has 0 spiro atoms. The molecule has 108 valence electrons. The summed E-state index contributed by atoms with van der Waals surface area (Å²) < 4.78 is 18.4. The summed E-state index contributed by atoms with van der Waals surface area (Å²) in [5, 5.41) is 9.34. The van der Waals surface area contributed by atoms with E-state index in [1.165, 1.54) is 0 Å². The molecule has 1 aromatic rings. The fraction of sp³-hybridized carbons (Fsp3) is 0.600. The third-order valence-electron chi connectivity index (χ3n) is 3.37. The number of hydrogen-bond donors (Lipinski definition) is 1. The molecule has 19 heavy (non-hydrogen) atoms. The van der Waals surface area contributed by atoms with Crippen molar-refractivity contribution in [1.82, 2.24) is 0 Å². The number of phenolic OH excluding ortho intramolecular Hbond substituents is 1. The second-order valence-corrected chi connectivity index (χ2v) is 7.88. The highest BCUT2D eigenvalue weighted by Crippen LogP contribution is 2.51. The van der Waals surface area contributed by atoms with Crippen LogP contribution in [0.2, 0.25) is 0 Å². The molecule has 1 aromatic carbocycles. The van der Waals surface area contributed by atoms with E-state index in [1.54, 1.807) is 12.1 Å². The molecule has 3 nitrogen and oxygen atoms in total. The molecule has 1 atom stereocenters. The molecule has 0 aliphatic heterocycles. The van der Waals surface area contributed by atoms with E-state index in [0.29, 0.717) is 12.3 Å². The first-order valence-electron chi connectivity index (χ1n) is 7.10. The van der Waals surface area contributed by atoms with Crippen LogP contribution < -0.4 is 0 Å². The Hall–Kier alpha value is -0.790. The zero-order chi connectivity index (χ0) is 14.3. The largest absolute Gasteiger partial charge is 0.508 e. The van der Waals surface area contributed by atoms with E-state index < -0.39 is 7.37 Å². The maximum absolute atomic E-state index is 12.5. The van der Waals surface area contributed by atoms with Gasteiger partial charge in [-0.2, -0.15) is 0 Å². The van der Waals surface area contributed by atoms with Crippen LogP contribution >= 0.6 is 7.37 Å². The Morgan fingerprint density at radius 3 is 2.21 bits per heavy atom. The summed E-state index contributed by atoms with van der Waals surface area (Å²) in [6.45, 7) is 5.96. The van der Waals surface area contributed by atoms with Crippen LogP contribution in [0.4, 0.5) is 0 Å². The van der Waals surface area contributed by atoms with Crippen molar-refractivity contribution in [1.29, 1.82) is 0 Å². The van der Waals surface area contributed by atoms with Crippen LogP contribution in [0, 0.1) is 0 Å². The number of aromatic hydroxyl groups is 1. The van der Waals surface area contributed by atoms with Crippen LogP contribution in [0.5, 0.6) is 5.75 Å². The van der Waals surface area contributed by atoms with E-state index in [4.69, 9.17) is 4.52 Å². The Balaban J connectivity index is 2.88. The number of unbranched alkanes of at least 4 members (excludes halogenated alkanes) is 1. The molecular formula is C15H25O3P. The first-order valence-corrected chi connectivity index (χ1v) is 9.09. The van der Waals surface area contributed by atoms with Crippen molar-refractivity contribution < 1.29 is 14.2 Å². The Morgan fingerprint density at radius 2 is 1.74 bits per heavy atom. The monoisotopic (exact) mass is 284 g/mol. The van der Waals surface area contributed by atoms with E-state index in [-0.39, 0.29) is 11.9 Å². The molecule has 1 N–H and O–H groups in total. The molecule has 0 aliphatic carbocycles. The Bertz CT molecular complexity index is 406. The van der Waals surface area contributed by atoms with E-state index in [2.05, 4.69) is 6.92 Å². The second kappa shape index (κ2) is 7.72. The maximum atomic E-state index is 12.5. The first-order chi connectivity index (χ1) is 9.04. The van der Waals surface area contributed by atoms with Crippen molar-refractivity contribution in [3.8, 4) is 5.75 Å². The molecule has 0 radical (unpaired) electrons. The van der Waals surface area contributed by atoms with Gasteiger partial charge < -0.3 is 9.63 Å². The Morgan fingerprint density at radius 1 is 1.16 bits per heavy atom. The minimum absolute atomic E-state index is 0.133. The average molecular weight is 284 g/mol. The van der Waals surface area contributed by atoms with Gasteiger partial charge >= 0.3 is 0 Å². The summed E-state index contributed by atoms with van der Waals surface area (Å²) >= 11 is 0. The summed E-state index contributed by atoms with van der Waals surface area (Å²) in [4.78, 5) is 0. The van der Waals surface area contributed by atoms with E-state index in [1.807, 2.05) is 26.0 Å². The van der Waals surface area contributed by atoms with Crippen LogP contribution in [-0.2, 0) is 9.09 Å². The standard InChI is InChI=1S/C15H25O3P/c1-4-7-8-15(18-19(17,5-2)6-3)13-9-11-14(16)12-10-13/h9-12,15-16H,4-8H2,1-3H3. The lowest BCUT2D eigenvalue weighted by molar-refractivity contribution is 0.194. The predicted molar refractivity (Wildman–Crippen MR) is 80.1 cm³/mol. The van der Waals surface area contributed by atoms with Crippen molar-refractivity contribution in [3.05, 3.63) is 29.8 Å². The molecule has 0 saturated carbocycles. The van der Waals surface area contributed by atoms with Crippen LogP contribution in [0.1, 0.15) is 51.7 Å². The van der Waals surface area contributed by atoms with Crippen LogP contribution in [-0.4, -0.2) is 17.4 Å². The summed E-state index contributed by atoms with van der Waals surface area (Å²) in [7, 11) is -2.52. The molecule has 0 saturated heterocycles. The van der Waals surface area contributed by atoms with Crippen LogP contribution in [0.3, 0.4) is 0 Å². The fourth-order valence-electron chi connectivity index (χ4n) is 1.96. The SMILES string of the molecule is CCCCC(OP(=O)(CC)CC)c1ccc(O)cc1. The van der Waals surface area contributed by atoms with Crippen molar-refractivity contribution >= 4 is 7.37 Å². The minimum atomic E-state index is -2.52. The van der Waals surface area contributed by atoms with Crippen molar-refractivity contribution in [2.45, 2.75) is 46.1 Å². The number of phenols is 1. The molecule has 0 aliphatic rings. The molecule has 4 heteroatoms. The van der Waals surface area contributed by atoms with Crippen molar-refractivity contribution in [2.75, 3.05) is 12.3 Å². The molecule has 1 unspecified atom stereocenters. The second-order valence-electron chi connectivity index (χ2n) is 4.77. The molecule has 0 fully saturated rings. The summed E-state index contributed by atoms with van der Waals surface area (Å²) in [5.41, 5.74) is 0.994. The molecule has 0 aromatic heterocycles. The molecule has 0 heterocycles. The zero-order valence-electron chi connectivity index (χ0n) is 12.1. The predicted octanol–water partition coefficient (Wildman–Crippen LogP) is 4.96. The number of benzene rings is 1. The van der Waals surface area contributed by atoms with Gasteiger partial charge in [0, 0.05) is 12.3 Å². The van der Waals surface area contributed by atoms with Crippen molar-refractivity contribution in [3.63, 3.8) is 0 Å². The van der Waals surface area contributed by atoms with Gasteiger partial charge in [-0.05, 0) is 24.1 Å². The first kappa shape index (κ1) is 16.3. The van der Waals surface area contributed by atoms with Gasteiger partial charge in [-0.3, -0.25) is 4.57 Å². The highest BCUT2D eigenvalue weighted by molar-refractivity contribution is 7.58. The molecule has 1 rings (SSSR count). The molecule has 0 bridgehead atoms. The fourth-order valence-corrected chi connectivity index (χ4v) is 3.40. The van der Waals surface area contributed by atoms with Gasteiger partial charge in [-0.25, -0.2) is 0 Å². The highest BCUT2D eigenvalue weighted by atomic mass is 31.2.